The number of hydrogen-bond donors (Lipinski definition) is 2. The minimum absolute atomic E-state index is 0.0404. The van der Waals surface area contributed by atoms with Gasteiger partial charge in [-0.2, -0.15) is 0 Å². The highest BCUT2D eigenvalue weighted by atomic mass is 19.3. The van der Waals surface area contributed by atoms with Crippen LogP contribution in [0.25, 0.3) is 11.3 Å². The van der Waals surface area contributed by atoms with Gasteiger partial charge in [-0.15, -0.1) is 0 Å². The summed E-state index contributed by atoms with van der Waals surface area (Å²) >= 11 is 0. The van der Waals surface area contributed by atoms with E-state index in [0.29, 0.717) is 24.1 Å². The van der Waals surface area contributed by atoms with Crippen LogP contribution in [-0.2, 0) is 0 Å². The molecular formula is C24H23F2N3O. The van der Waals surface area contributed by atoms with Crippen molar-refractivity contribution in [3.63, 3.8) is 0 Å². The Morgan fingerprint density at radius 3 is 2.40 bits per heavy atom. The number of hydrogen-bond acceptors (Lipinski definition) is 3. The predicted octanol–water partition coefficient (Wildman–Crippen LogP) is 5.99. The number of benzene rings is 2. The number of anilines is 2. The van der Waals surface area contributed by atoms with Gasteiger partial charge in [-0.25, -0.2) is 8.78 Å². The van der Waals surface area contributed by atoms with Crippen LogP contribution in [0.1, 0.15) is 36.0 Å². The van der Waals surface area contributed by atoms with Crippen molar-refractivity contribution in [1.82, 2.24) is 4.98 Å². The number of pyridine rings is 1. The van der Waals surface area contributed by atoms with Gasteiger partial charge in [-0.1, -0.05) is 18.2 Å². The minimum Gasteiger partial charge on any atom is -0.382 e. The van der Waals surface area contributed by atoms with Crippen molar-refractivity contribution in [2.45, 2.75) is 37.6 Å². The molecule has 1 aliphatic carbocycles. The van der Waals surface area contributed by atoms with Gasteiger partial charge in [0.25, 0.3) is 5.91 Å². The first-order valence-electron chi connectivity index (χ1n) is 10.1. The number of carbonyl (C=O) groups is 1. The standard InChI is InChI=1S/C24H23F2N3O/c25-24(26)13-11-20(12-14-24)28-19-9-7-17(8-10-19)23(30)29-21-5-3-4-18(16-21)22-6-1-2-15-27-22/h1-10,15-16,20,28H,11-14H2,(H,29,30). The Hall–Kier alpha value is -3.28. The van der Waals surface area contributed by atoms with Crippen molar-refractivity contribution in [1.29, 1.82) is 0 Å². The zero-order chi connectivity index (χ0) is 21.0. The van der Waals surface area contributed by atoms with E-state index in [1.165, 1.54) is 0 Å². The maximum atomic E-state index is 13.3. The van der Waals surface area contributed by atoms with E-state index in [4.69, 9.17) is 0 Å². The second kappa shape index (κ2) is 8.61. The number of nitrogens with one attached hydrogen (secondary N) is 2. The Labute approximate surface area is 174 Å². The van der Waals surface area contributed by atoms with Crippen molar-refractivity contribution in [3.05, 3.63) is 78.5 Å². The Balaban J connectivity index is 1.37. The second-order valence-corrected chi connectivity index (χ2v) is 7.60. The summed E-state index contributed by atoms with van der Waals surface area (Å²) < 4.78 is 26.6. The lowest BCUT2D eigenvalue weighted by Gasteiger charge is -2.29. The molecule has 0 atom stereocenters. The minimum atomic E-state index is -2.53. The number of alkyl halides is 2. The molecule has 1 amide bonds. The normalized spacial score (nSPS) is 16.1. The second-order valence-electron chi connectivity index (χ2n) is 7.60. The summed E-state index contributed by atoms with van der Waals surface area (Å²) in [6.07, 6.45) is 2.46. The molecule has 6 heteroatoms. The summed E-state index contributed by atoms with van der Waals surface area (Å²) in [6, 6.07) is 20.4. The Morgan fingerprint density at radius 2 is 1.70 bits per heavy atom. The smallest absolute Gasteiger partial charge is 0.255 e. The van der Waals surface area contributed by atoms with E-state index in [9.17, 15) is 13.6 Å². The van der Waals surface area contributed by atoms with Crippen LogP contribution in [0, 0.1) is 0 Å². The van der Waals surface area contributed by atoms with E-state index in [2.05, 4.69) is 15.6 Å². The highest BCUT2D eigenvalue weighted by Crippen LogP contribution is 2.34. The fraction of sp³-hybridized carbons (Fsp3) is 0.250. The highest BCUT2D eigenvalue weighted by molar-refractivity contribution is 6.04. The molecule has 0 radical (unpaired) electrons. The summed E-state index contributed by atoms with van der Waals surface area (Å²) in [5.74, 6) is -2.74. The lowest BCUT2D eigenvalue weighted by Crippen LogP contribution is -2.32. The van der Waals surface area contributed by atoms with Crippen molar-refractivity contribution in [2.24, 2.45) is 0 Å². The molecule has 1 aliphatic rings. The highest BCUT2D eigenvalue weighted by Gasteiger charge is 2.34. The third-order valence-corrected chi connectivity index (χ3v) is 5.32. The van der Waals surface area contributed by atoms with E-state index >= 15 is 0 Å². The van der Waals surface area contributed by atoms with Crippen LogP contribution in [0.2, 0.25) is 0 Å². The molecule has 0 bridgehead atoms. The van der Waals surface area contributed by atoms with E-state index < -0.39 is 5.92 Å². The number of aromatic nitrogens is 1. The number of halogens is 2. The summed E-state index contributed by atoms with van der Waals surface area (Å²) in [5, 5.41) is 6.20. The third kappa shape index (κ3) is 5.00. The number of rotatable bonds is 5. The largest absolute Gasteiger partial charge is 0.382 e. The van der Waals surface area contributed by atoms with E-state index in [1.54, 1.807) is 18.3 Å². The molecule has 3 aromatic rings. The molecule has 154 valence electrons. The first-order valence-corrected chi connectivity index (χ1v) is 10.1. The Kier molecular flexibility index (Phi) is 5.74. The number of amides is 1. The van der Waals surface area contributed by atoms with Crippen molar-refractivity contribution >= 4 is 17.3 Å². The fourth-order valence-electron chi connectivity index (χ4n) is 3.63. The van der Waals surface area contributed by atoms with E-state index in [-0.39, 0.29) is 24.8 Å². The van der Waals surface area contributed by atoms with Crippen molar-refractivity contribution < 1.29 is 13.6 Å². The van der Waals surface area contributed by atoms with Gasteiger partial charge in [-0.05, 0) is 61.4 Å². The summed E-state index contributed by atoms with van der Waals surface area (Å²) in [5.41, 5.74) is 3.81. The van der Waals surface area contributed by atoms with Crippen molar-refractivity contribution in [3.8, 4) is 11.3 Å². The molecule has 4 rings (SSSR count). The molecule has 2 N–H and O–H groups in total. The lowest BCUT2D eigenvalue weighted by molar-refractivity contribution is -0.0360. The maximum Gasteiger partial charge on any atom is 0.255 e. The molecule has 0 unspecified atom stereocenters. The lowest BCUT2D eigenvalue weighted by atomic mass is 9.92. The SMILES string of the molecule is O=C(Nc1cccc(-c2ccccn2)c1)c1ccc(NC2CCC(F)(F)CC2)cc1. The van der Waals surface area contributed by atoms with Crippen LogP contribution < -0.4 is 10.6 Å². The first-order chi connectivity index (χ1) is 14.5. The van der Waals surface area contributed by atoms with Crippen LogP contribution in [0.4, 0.5) is 20.2 Å². The van der Waals surface area contributed by atoms with Crippen LogP contribution >= 0.6 is 0 Å². The van der Waals surface area contributed by atoms with Gasteiger partial charge in [-0.3, -0.25) is 9.78 Å². The van der Waals surface area contributed by atoms with Gasteiger partial charge in [0.1, 0.15) is 0 Å². The Morgan fingerprint density at radius 1 is 0.933 bits per heavy atom. The topological polar surface area (TPSA) is 54.0 Å². The molecule has 1 aromatic heterocycles. The maximum absolute atomic E-state index is 13.3. The average Bonchev–Trinajstić information content (AvgIpc) is 2.76. The fourth-order valence-corrected chi connectivity index (χ4v) is 3.63. The molecule has 4 nitrogen and oxygen atoms in total. The molecule has 2 aromatic carbocycles. The molecule has 0 saturated heterocycles. The zero-order valence-electron chi connectivity index (χ0n) is 16.4. The molecule has 1 heterocycles. The van der Waals surface area contributed by atoms with E-state index in [1.807, 2.05) is 54.6 Å². The summed E-state index contributed by atoms with van der Waals surface area (Å²) in [6.45, 7) is 0. The molecule has 30 heavy (non-hydrogen) atoms. The van der Waals surface area contributed by atoms with Gasteiger partial charge in [0.2, 0.25) is 5.92 Å². The third-order valence-electron chi connectivity index (χ3n) is 5.32. The quantitative estimate of drug-likeness (QED) is 0.546. The number of carbonyl (C=O) groups excluding carboxylic acids is 1. The van der Waals surface area contributed by atoms with Crippen molar-refractivity contribution in [2.75, 3.05) is 10.6 Å². The van der Waals surface area contributed by atoms with Gasteiger partial charge >= 0.3 is 0 Å². The van der Waals surface area contributed by atoms with Crippen LogP contribution in [-0.4, -0.2) is 22.9 Å². The van der Waals surface area contributed by atoms with Crippen LogP contribution in [0.15, 0.2) is 72.9 Å². The Bertz CT molecular complexity index is 996. The van der Waals surface area contributed by atoms with Gasteiger partial charge < -0.3 is 10.6 Å². The van der Waals surface area contributed by atoms with Gasteiger partial charge in [0.05, 0.1) is 5.69 Å². The summed E-state index contributed by atoms with van der Waals surface area (Å²) in [4.78, 5) is 16.9. The summed E-state index contributed by atoms with van der Waals surface area (Å²) in [7, 11) is 0. The van der Waals surface area contributed by atoms with Crippen LogP contribution in [0.5, 0.6) is 0 Å². The monoisotopic (exact) mass is 407 g/mol. The molecule has 0 aliphatic heterocycles. The molecule has 1 fully saturated rings. The number of nitrogens with zero attached hydrogens (tertiary/aromatic N) is 1. The average molecular weight is 407 g/mol. The van der Waals surface area contributed by atoms with Crippen LogP contribution in [0.3, 0.4) is 0 Å². The zero-order valence-corrected chi connectivity index (χ0v) is 16.4. The molecule has 0 spiro atoms. The first kappa shape index (κ1) is 20.0. The molecular weight excluding hydrogens is 384 g/mol. The van der Waals surface area contributed by atoms with E-state index in [0.717, 1.165) is 16.9 Å². The predicted molar refractivity (Wildman–Crippen MR) is 115 cm³/mol. The van der Waals surface area contributed by atoms with Gasteiger partial charge in [0, 0.05) is 47.6 Å². The molecule has 1 saturated carbocycles. The van der Waals surface area contributed by atoms with Gasteiger partial charge in [0.15, 0.2) is 0 Å².